The Morgan fingerprint density at radius 1 is 1.10 bits per heavy atom. The van der Waals surface area contributed by atoms with Crippen LogP contribution in [-0.4, -0.2) is 4.98 Å². The molecule has 0 saturated heterocycles. The van der Waals surface area contributed by atoms with Gasteiger partial charge < -0.3 is 9.15 Å². The predicted octanol–water partition coefficient (Wildman–Crippen LogP) is 4.54. The number of oxazole rings is 1. The molecule has 4 heteroatoms. The molecule has 2 aromatic carbocycles. The monoisotopic (exact) mass is 343 g/mol. The summed E-state index contributed by atoms with van der Waals surface area (Å²) in [5, 5.41) is 0. The van der Waals surface area contributed by atoms with Crippen molar-refractivity contribution in [3.05, 3.63) is 65.0 Å². The molecule has 4 rings (SSSR count). The molecule has 1 aliphatic rings. The van der Waals surface area contributed by atoms with Gasteiger partial charge in [-0.1, -0.05) is 46.3 Å². The van der Waals surface area contributed by atoms with Gasteiger partial charge in [0.05, 0.1) is 13.2 Å². The number of hydrogen-bond acceptors (Lipinski definition) is 3. The summed E-state index contributed by atoms with van der Waals surface area (Å²) in [5.41, 5.74) is 5.57. The van der Waals surface area contributed by atoms with Gasteiger partial charge in [-0.2, -0.15) is 0 Å². The number of para-hydroxylation sites is 2. The summed E-state index contributed by atoms with van der Waals surface area (Å²) < 4.78 is 11.2. The summed E-state index contributed by atoms with van der Waals surface area (Å²) in [6.07, 6.45) is 0.730. The van der Waals surface area contributed by atoms with Crippen LogP contribution >= 0.6 is 15.9 Å². The Kier molecular flexibility index (Phi) is 3.28. The van der Waals surface area contributed by atoms with Crippen molar-refractivity contribution in [3.8, 4) is 0 Å². The Morgan fingerprint density at radius 3 is 2.86 bits per heavy atom. The molecule has 3 aromatic rings. The zero-order chi connectivity index (χ0) is 14.2. The van der Waals surface area contributed by atoms with Crippen LogP contribution in [0.25, 0.3) is 11.1 Å². The summed E-state index contributed by atoms with van der Waals surface area (Å²) >= 11 is 3.75. The molecule has 106 valence electrons. The lowest BCUT2D eigenvalue weighted by Gasteiger charge is -2.09. The topological polar surface area (TPSA) is 35.3 Å². The molecular weight excluding hydrogens is 330 g/mol. The molecule has 0 spiro atoms. The molecule has 0 N–H and O–H groups in total. The van der Waals surface area contributed by atoms with Gasteiger partial charge in [-0.05, 0) is 28.8 Å². The van der Waals surface area contributed by atoms with Crippen LogP contribution in [0.4, 0.5) is 0 Å². The van der Waals surface area contributed by atoms with Crippen molar-refractivity contribution in [2.75, 3.05) is 0 Å². The average molecular weight is 344 g/mol. The highest BCUT2D eigenvalue weighted by atomic mass is 79.9. The van der Waals surface area contributed by atoms with Gasteiger partial charge in [-0.3, -0.25) is 0 Å². The lowest BCUT2D eigenvalue weighted by Crippen LogP contribution is -1.97. The molecule has 1 atom stereocenters. The van der Waals surface area contributed by atoms with Crippen molar-refractivity contribution in [2.45, 2.75) is 24.5 Å². The minimum Gasteiger partial charge on any atom is -0.441 e. The first-order valence-corrected chi connectivity index (χ1v) is 7.89. The fraction of sp³-hybridized carbons (Fsp3) is 0.235. The number of alkyl halides is 1. The largest absolute Gasteiger partial charge is 0.441 e. The molecule has 0 aliphatic carbocycles. The molecule has 2 heterocycles. The minimum atomic E-state index is 0.191. The number of rotatable bonds is 3. The summed E-state index contributed by atoms with van der Waals surface area (Å²) in [6, 6.07) is 14.4. The number of halogens is 1. The van der Waals surface area contributed by atoms with E-state index in [0.29, 0.717) is 6.61 Å². The third-order valence-corrected chi connectivity index (χ3v) is 4.65. The molecule has 1 aliphatic heterocycles. The van der Waals surface area contributed by atoms with Crippen molar-refractivity contribution in [3.63, 3.8) is 0 Å². The van der Waals surface area contributed by atoms with Crippen LogP contribution in [0.2, 0.25) is 0 Å². The molecule has 3 nitrogen and oxygen atoms in total. The zero-order valence-corrected chi connectivity index (χ0v) is 13.0. The molecule has 1 aromatic heterocycles. The second-order valence-corrected chi connectivity index (χ2v) is 6.37. The standard InChI is InChI=1S/C17H14BrNO2/c18-14(11-5-6-12-9-20-10-13(12)7-11)8-17-19-15-3-1-2-4-16(15)21-17/h1-7,14H,8-10H2. The van der Waals surface area contributed by atoms with E-state index in [0.717, 1.165) is 30.0 Å². The number of hydrogen-bond donors (Lipinski definition) is 0. The van der Waals surface area contributed by atoms with Gasteiger partial charge in [0, 0.05) is 11.2 Å². The highest BCUT2D eigenvalue weighted by molar-refractivity contribution is 9.09. The van der Waals surface area contributed by atoms with Gasteiger partial charge in [0.25, 0.3) is 0 Å². The first kappa shape index (κ1) is 13.0. The van der Waals surface area contributed by atoms with Crippen molar-refractivity contribution in [2.24, 2.45) is 0 Å². The molecule has 0 saturated carbocycles. The van der Waals surface area contributed by atoms with Gasteiger partial charge >= 0.3 is 0 Å². The van der Waals surface area contributed by atoms with Crippen LogP contribution < -0.4 is 0 Å². The van der Waals surface area contributed by atoms with E-state index in [2.05, 4.69) is 39.1 Å². The quantitative estimate of drug-likeness (QED) is 0.655. The van der Waals surface area contributed by atoms with Gasteiger partial charge in [-0.15, -0.1) is 0 Å². The number of fused-ring (bicyclic) bond motifs is 2. The summed E-state index contributed by atoms with van der Waals surface area (Å²) in [5.74, 6) is 0.759. The van der Waals surface area contributed by atoms with E-state index in [1.165, 1.54) is 16.7 Å². The normalized spacial score (nSPS) is 15.3. The Morgan fingerprint density at radius 2 is 1.95 bits per heavy atom. The lowest BCUT2D eigenvalue weighted by molar-refractivity contribution is 0.134. The number of aromatic nitrogens is 1. The van der Waals surface area contributed by atoms with Crippen LogP contribution in [0, 0.1) is 0 Å². The molecule has 1 unspecified atom stereocenters. The zero-order valence-electron chi connectivity index (χ0n) is 11.4. The first-order chi connectivity index (χ1) is 10.3. The smallest absolute Gasteiger partial charge is 0.196 e. The van der Waals surface area contributed by atoms with E-state index < -0.39 is 0 Å². The number of ether oxygens (including phenoxy) is 1. The maximum absolute atomic E-state index is 5.79. The molecular formula is C17H14BrNO2. The maximum Gasteiger partial charge on any atom is 0.196 e. The first-order valence-electron chi connectivity index (χ1n) is 6.97. The second-order valence-electron chi connectivity index (χ2n) is 5.27. The molecule has 0 fully saturated rings. The Labute approximate surface area is 131 Å². The van der Waals surface area contributed by atoms with E-state index in [-0.39, 0.29) is 4.83 Å². The molecule has 21 heavy (non-hydrogen) atoms. The fourth-order valence-electron chi connectivity index (χ4n) is 2.67. The van der Waals surface area contributed by atoms with Crippen LogP contribution in [-0.2, 0) is 24.4 Å². The minimum absolute atomic E-state index is 0.191. The van der Waals surface area contributed by atoms with Crippen molar-refractivity contribution in [1.82, 2.24) is 4.98 Å². The van der Waals surface area contributed by atoms with Crippen LogP contribution in [0.3, 0.4) is 0 Å². The van der Waals surface area contributed by atoms with E-state index in [1.54, 1.807) is 0 Å². The molecule has 0 amide bonds. The van der Waals surface area contributed by atoms with Crippen LogP contribution in [0.5, 0.6) is 0 Å². The second kappa shape index (κ2) is 5.28. The fourth-order valence-corrected chi connectivity index (χ4v) is 3.23. The van der Waals surface area contributed by atoms with Crippen molar-refractivity contribution in [1.29, 1.82) is 0 Å². The average Bonchev–Trinajstić information content (AvgIpc) is 3.11. The summed E-state index contributed by atoms with van der Waals surface area (Å²) in [6.45, 7) is 1.44. The predicted molar refractivity (Wildman–Crippen MR) is 84.3 cm³/mol. The summed E-state index contributed by atoms with van der Waals surface area (Å²) in [7, 11) is 0. The molecule has 0 radical (unpaired) electrons. The van der Waals surface area contributed by atoms with Gasteiger partial charge in [-0.25, -0.2) is 4.98 Å². The summed E-state index contributed by atoms with van der Waals surface area (Å²) in [4.78, 5) is 4.72. The van der Waals surface area contributed by atoms with E-state index in [4.69, 9.17) is 9.15 Å². The van der Waals surface area contributed by atoms with Crippen molar-refractivity contribution < 1.29 is 9.15 Å². The third-order valence-electron chi connectivity index (χ3n) is 3.80. The highest BCUT2D eigenvalue weighted by Gasteiger charge is 2.17. The van der Waals surface area contributed by atoms with Gasteiger partial charge in [0.2, 0.25) is 0 Å². The van der Waals surface area contributed by atoms with E-state index >= 15 is 0 Å². The Bertz CT molecular complexity index is 763. The Hall–Kier alpha value is -1.65. The van der Waals surface area contributed by atoms with Crippen LogP contribution in [0.15, 0.2) is 46.9 Å². The third kappa shape index (κ3) is 2.49. The number of benzene rings is 2. The number of nitrogens with zero attached hydrogens (tertiary/aromatic N) is 1. The van der Waals surface area contributed by atoms with Crippen molar-refractivity contribution >= 4 is 27.0 Å². The van der Waals surface area contributed by atoms with E-state index in [1.807, 2.05) is 24.3 Å². The van der Waals surface area contributed by atoms with Gasteiger partial charge in [0.15, 0.2) is 11.5 Å². The Balaban J connectivity index is 1.58. The van der Waals surface area contributed by atoms with Crippen LogP contribution in [0.1, 0.15) is 27.4 Å². The highest BCUT2D eigenvalue weighted by Crippen LogP contribution is 2.31. The lowest BCUT2D eigenvalue weighted by atomic mass is 10.0. The SMILES string of the molecule is BrC(Cc1nc2ccccc2o1)c1ccc2c(c1)COC2. The van der Waals surface area contributed by atoms with E-state index in [9.17, 15) is 0 Å². The van der Waals surface area contributed by atoms with Gasteiger partial charge in [0.1, 0.15) is 5.52 Å². The maximum atomic E-state index is 5.79. The molecule has 0 bridgehead atoms.